The first-order chi connectivity index (χ1) is 11.7. The van der Waals surface area contributed by atoms with Crippen molar-refractivity contribution in [3.63, 3.8) is 0 Å². The van der Waals surface area contributed by atoms with Crippen molar-refractivity contribution in [2.24, 2.45) is 0 Å². The Bertz CT molecular complexity index is 1020. The third-order valence-corrected chi connectivity index (χ3v) is 4.91. The van der Waals surface area contributed by atoms with Crippen LogP contribution in [0.5, 0.6) is 0 Å². The molecule has 0 saturated carbocycles. The van der Waals surface area contributed by atoms with Crippen LogP contribution in [0.25, 0.3) is 21.8 Å². The molecule has 2 heterocycles. The van der Waals surface area contributed by atoms with Crippen LogP contribution in [0.4, 0.5) is 0 Å². The number of nitrogens with zero attached hydrogens (tertiary/aromatic N) is 2. The predicted molar refractivity (Wildman–Crippen MR) is 98.3 cm³/mol. The van der Waals surface area contributed by atoms with Gasteiger partial charge in [-0.1, -0.05) is 41.9 Å². The number of benzene rings is 2. The number of halogens is 1. The highest BCUT2D eigenvalue weighted by molar-refractivity contribution is 6.22. The molecule has 0 aliphatic rings. The van der Waals surface area contributed by atoms with E-state index in [1.54, 1.807) is 12.4 Å². The van der Waals surface area contributed by atoms with Crippen LogP contribution < -0.4 is 0 Å². The molecule has 4 heteroatoms. The third kappa shape index (κ3) is 2.29. The number of rotatable bonds is 3. The molecular formula is C20H17ClN2O. The van der Waals surface area contributed by atoms with Gasteiger partial charge in [0.25, 0.3) is 0 Å². The van der Waals surface area contributed by atoms with E-state index in [0.29, 0.717) is 0 Å². The summed E-state index contributed by atoms with van der Waals surface area (Å²) < 4.78 is 2.15. The maximum absolute atomic E-state index is 9.48. The molecule has 3 nitrogen and oxygen atoms in total. The number of aliphatic hydroxyl groups excluding tert-OH is 1. The number of fused-ring (bicyclic) bond motifs is 3. The summed E-state index contributed by atoms with van der Waals surface area (Å²) in [5.41, 5.74) is 4.85. The van der Waals surface area contributed by atoms with E-state index in [9.17, 15) is 5.11 Å². The molecule has 1 N–H and O–H groups in total. The standard InChI is InChI=1S/C20H17ClN2O/c1-13-4-2-6-16-17-10-14(12-24)7-8-18(17)23(19(13)16)20(21)15-5-3-9-22-11-15/h2-11,20,24H,12H2,1H3/t20-/m1/s1. The summed E-state index contributed by atoms with van der Waals surface area (Å²) in [5.74, 6) is 0. The fourth-order valence-electron chi connectivity index (χ4n) is 3.33. The van der Waals surface area contributed by atoms with E-state index in [1.165, 1.54) is 5.56 Å². The van der Waals surface area contributed by atoms with Crippen molar-refractivity contribution in [3.05, 3.63) is 77.6 Å². The molecule has 120 valence electrons. The normalized spacial score (nSPS) is 12.8. The van der Waals surface area contributed by atoms with Gasteiger partial charge in [-0.3, -0.25) is 4.98 Å². The molecule has 4 aromatic rings. The van der Waals surface area contributed by atoms with E-state index < -0.39 is 0 Å². The van der Waals surface area contributed by atoms with Gasteiger partial charge in [0.05, 0.1) is 17.6 Å². The van der Waals surface area contributed by atoms with Crippen LogP contribution in [0, 0.1) is 6.92 Å². The van der Waals surface area contributed by atoms with Gasteiger partial charge in [-0.2, -0.15) is 0 Å². The Labute approximate surface area is 145 Å². The molecule has 0 aliphatic heterocycles. The Morgan fingerprint density at radius 2 is 2.00 bits per heavy atom. The van der Waals surface area contributed by atoms with Gasteiger partial charge in [-0.15, -0.1) is 0 Å². The minimum atomic E-state index is -0.347. The average molecular weight is 337 g/mol. The Balaban J connectivity index is 2.09. The molecule has 1 atom stereocenters. The zero-order valence-electron chi connectivity index (χ0n) is 13.3. The molecule has 4 rings (SSSR count). The van der Waals surface area contributed by atoms with E-state index in [1.807, 2.05) is 30.3 Å². The van der Waals surface area contributed by atoms with Crippen LogP contribution in [0.15, 0.2) is 60.9 Å². The quantitative estimate of drug-likeness (QED) is 0.547. The number of alkyl halides is 1. The Morgan fingerprint density at radius 3 is 2.75 bits per heavy atom. The molecule has 0 saturated heterocycles. The van der Waals surface area contributed by atoms with E-state index >= 15 is 0 Å². The summed E-state index contributed by atoms with van der Waals surface area (Å²) in [4.78, 5) is 4.19. The number of hydrogen-bond acceptors (Lipinski definition) is 2. The topological polar surface area (TPSA) is 38.0 Å². The molecule has 0 spiro atoms. The highest BCUT2D eigenvalue weighted by atomic mass is 35.5. The van der Waals surface area contributed by atoms with Gasteiger partial charge in [0, 0.05) is 28.7 Å². The first kappa shape index (κ1) is 15.2. The predicted octanol–water partition coefficient (Wildman–Crippen LogP) is 4.78. The van der Waals surface area contributed by atoms with Crippen molar-refractivity contribution in [1.29, 1.82) is 0 Å². The number of aliphatic hydroxyl groups is 1. The zero-order chi connectivity index (χ0) is 16.7. The molecule has 0 fully saturated rings. The molecule has 0 bridgehead atoms. The SMILES string of the molecule is Cc1cccc2c3cc(CO)ccc3n([C@@H](Cl)c3cccnc3)c12. The lowest BCUT2D eigenvalue weighted by atomic mass is 10.1. The number of aryl methyl sites for hydroxylation is 1. The number of hydrogen-bond donors (Lipinski definition) is 1. The van der Waals surface area contributed by atoms with Crippen LogP contribution in [0.3, 0.4) is 0 Å². The second kappa shape index (κ2) is 5.93. The molecule has 0 amide bonds. The lowest BCUT2D eigenvalue weighted by Crippen LogP contribution is -2.05. The number of pyridine rings is 1. The monoisotopic (exact) mass is 336 g/mol. The molecule has 2 aromatic carbocycles. The van der Waals surface area contributed by atoms with Crippen molar-refractivity contribution < 1.29 is 5.11 Å². The molecule has 0 aliphatic carbocycles. The molecular weight excluding hydrogens is 320 g/mol. The first-order valence-corrected chi connectivity index (χ1v) is 8.31. The van der Waals surface area contributed by atoms with E-state index in [4.69, 9.17) is 11.6 Å². The van der Waals surface area contributed by atoms with Gasteiger partial charge in [-0.25, -0.2) is 0 Å². The fourth-order valence-corrected chi connectivity index (χ4v) is 3.66. The van der Waals surface area contributed by atoms with Crippen molar-refractivity contribution in [3.8, 4) is 0 Å². The Kier molecular flexibility index (Phi) is 3.75. The summed E-state index contributed by atoms with van der Waals surface area (Å²) in [6.07, 6.45) is 3.55. The largest absolute Gasteiger partial charge is 0.392 e. The van der Waals surface area contributed by atoms with Crippen LogP contribution >= 0.6 is 11.6 Å². The summed E-state index contributed by atoms with van der Waals surface area (Å²) in [6, 6.07) is 16.2. The highest BCUT2D eigenvalue weighted by Gasteiger charge is 2.19. The number of aromatic nitrogens is 2. The minimum Gasteiger partial charge on any atom is -0.392 e. The maximum atomic E-state index is 9.48. The lowest BCUT2D eigenvalue weighted by Gasteiger charge is -2.16. The van der Waals surface area contributed by atoms with Gasteiger partial charge in [0.1, 0.15) is 5.50 Å². The van der Waals surface area contributed by atoms with Gasteiger partial charge < -0.3 is 9.67 Å². The number of para-hydroxylation sites is 1. The van der Waals surface area contributed by atoms with Gasteiger partial charge >= 0.3 is 0 Å². The van der Waals surface area contributed by atoms with E-state index in [0.717, 1.165) is 32.9 Å². The van der Waals surface area contributed by atoms with Crippen LogP contribution in [-0.4, -0.2) is 14.7 Å². The summed E-state index contributed by atoms with van der Waals surface area (Å²) in [6.45, 7) is 2.12. The van der Waals surface area contributed by atoms with Crippen LogP contribution in [-0.2, 0) is 6.61 Å². The average Bonchev–Trinajstić information content (AvgIpc) is 2.97. The fraction of sp³-hybridized carbons (Fsp3) is 0.150. The second-order valence-corrected chi connectivity index (χ2v) is 6.39. The molecule has 2 aromatic heterocycles. The van der Waals surface area contributed by atoms with E-state index in [2.05, 4.69) is 34.7 Å². The smallest absolute Gasteiger partial charge is 0.135 e. The Hall–Kier alpha value is -2.36. The first-order valence-electron chi connectivity index (χ1n) is 7.87. The highest BCUT2D eigenvalue weighted by Crippen LogP contribution is 2.37. The van der Waals surface area contributed by atoms with Crippen molar-refractivity contribution in [1.82, 2.24) is 9.55 Å². The van der Waals surface area contributed by atoms with Gasteiger partial charge in [0.15, 0.2) is 0 Å². The molecule has 24 heavy (non-hydrogen) atoms. The van der Waals surface area contributed by atoms with Crippen LogP contribution in [0.1, 0.15) is 22.2 Å². The minimum absolute atomic E-state index is 0.0291. The van der Waals surface area contributed by atoms with E-state index in [-0.39, 0.29) is 12.1 Å². The van der Waals surface area contributed by atoms with Crippen molar-refractivity contribution in [2.45, 2.75) is 19.0 Å². The summed E-state index contributed by atoms with van der Waals surface area (Å²) in [5, 5.41) is 11.7. The molecule has 0 radical (unpaired) electrons. The summed E-state index contributed by atoms with van der Waals surface area (Å²) in [7, 11) is 0. The second-order valence-electron chi connectivity index (χ2n) is 5.97. The summed E-state index contributed by atoms with van der Waals surface area (Å²) >= 11 is 6.85. The van der Waals surface area contributed by atoms with Crippen molar-refractivity contribution in [2.75, 3.05) is 0 Å². The maximum Gasteiger partial charge on any atom is 0.135 e. The Morgan fingerprint density at radius 1 is 1.12 bits per heavy atom. The van der Waals surface area contributed by atoms with Crippen molar-refractivity contribution >= 4 is 33.4 Å². The van der Waals surface area contributed by atoms with Crippen LogP contribution in [0.2, 0.25) is 0 Å². The van der Waals surface area contributed by atoms with Gasteiger partial charge in [-0.05, 0) is 36.2 Å². The van der Waals surface area contributed by atoms with Gasteiger partial charge in [0.2, 0.25) is 0 Å². The third-order valence-electron chi connectivity index (χ3n) is 4.46. The molecule has 0 unspecified atom stereocenters. The zero-order valence-corrected chi connectivity index (χ0v) is 14.0. The lowest BCUT2D eigenvalue weighted by molar-refractivity contribution is 0.282.